The van der Waals surface area contributed by atoms with Crippen LogP contribution in [0, 0.1) is 0 Å². The summed E-state index contributed by atoms with van der Waals surface area (Å²) in [6.45, 7) is 1.83. The van der Waals surface area contributed by atoms with Crippen molar-refractivity contribution < 1.29 is 23.8 Å². The molecule has 26 heavy (non-hydrogen) atoms. The van der Waals surface area contributed by atoms with Crippen LogP contribution in [0.1, 0.15) is 18.1 Å². The summed E-state index contributed by atoms with van der Waals surface area (Å²) in [5, 5.41) is 0. The van der Waals surface area contributed by atoms with E-state index in [4.69, 9.17) is 14.2 Å². The second-order valence-corrected chi connectivity index (χ2v) is 5.78. The molecule has 0 spiro atoms. The Morgan fingerprint density at radius 3 is 2.42 bits per heavy atom. The van der Waals surface area contributed by atoms with Crippen LogP contribution in [0.3, 0.4) is 0 Å². The van der Waals surface area contributed by atoms with Gasteiger partial charge >= 0.3 is 11.9 Å². The Hall–Kier alpha value is -3.15. The number of carbonyl (C=O) groups excluding carboxylic acids is 2. The topological polar surface area (TPSA) is 74.2 Å². The van der Waals surface area contributed by atoms with Crippen molar-refractivity contribution in [1.29, 1.82) is 0 Å². The van der Waals surface area contributed by atoms with Gasteiger partial charge in [-0.3, -0.25) is 0 Å². The van der Waals surface area contributed by atoms with E-state index in [9.17, 15) is 9.59 Å². The van der Waals surface area contributed by atoms with Crippen LogP contribution in [0.25, 0.3) is 0 Å². The second-order valence-electron chi connectivity index (χ2n) is 5.78. The SMILES string of the molecule is CCOC(=O)[C@]1(Cc2ccccc2)N=C(c2ccc(OC)cc2)OC1=O. The minimum atomic E-state index is -1.73. The van der Waals surface area contributed by atoms with E-state index in [-0.39, 0.29) is 18.9 Å². The van der Waals surface area contributed by atoms with Gasteiger partial charge in [0.2, 0.25) is 5.90 Å². The van der Waals surface area contributed by atoms with E-state index in [2.05, 4.69) is 4.99 Å². The number of esters is 2. The molecule has 1 atom stereocenters. The first-order valence-corrected chi connectivity index (χ1v) is 8.27. The van der Waals surface area contributed by atoms with Crippen molar-refractivity contribution in [1.82, 2.24) is 0 Å². The fourth-order valence-electron chi connectivity index (χ4n) is 2.73. The Morgan fingerprint density at radius 2 is 1.81 bits per heavy atom. The number of benzene rings is 2. The van der Waals surface area contributed by atoms with Crippen LogP contribution < -0.4 is 4.74 Å². The Balaban J connectivity index is 2.00. The molecule has 3 rings (SSSR count). The first-order valence-electron chi connectivity index (χ1n) is 8.27. The maximum absolute atomic E-state index is 12.7. The van der Waals surface area contributed by atoms with E-state index < -0.39 is 17.5 Å². The minimum Gasteiger partial charge on any atom is -0.497 e. The number of cyclic esters (lactones) is 1. The van der Waals surface area contributed by atoms with E-state index in [1.54, 1.807) is 38.3 Å². The second kappa shape index (κ2) is 7.39. The summed E-state index contributed by atoms with van der Waals surface area (Å²) in [4.78, 5) is 29.6. The fraction of sp³-hybridized carbons (Fsp3) is 0.250. The standard InChI is InChI=1S/C20H19NO5/c1-3-25-18(22)20(13-14-7-5-4-6-8-14)19(23)26-17(21-20)15-9-11-16(24-2)12-10-15/h4-12H,3,13H2,1-2H3/t20-/m0/s1. The molecule has 1 heterocycles. The molecule has 134 valence electrons. The molecule has 2 aromatic carbocycles. The zero-order chi connectivity index (χ0) is 18.6. The van der Waals surface area contributed by atoms with Gasteiger partial charge in [0.25, 0.3) is 5.54 Å². The van der Waals surface area contributed by atoms with Gasteiger partial charge in [-0.15, -0.1) is 0 Å². The lowest BCUT2D eigenvalue weighted by atomic mass is 9.92. The predicted octanol–water partition coefficient (Wildman–Crippen LogP) is 2.54. The molecule has 0 N–H and O–H groups in total. The van der Waals surface area contributed by atoms with Gasteiger partial charge in [-0.25, -0.2) is 14.6 Å². The van der Waals surface area contributed by atoms with Gasteiger partial charge in [0.05, 0.1) is 13.7 Å². The van der Waals surface area contributed by atoms with Gasteiger partial charge in [0, 0.05) is 12.0 Å². The van der Waals surface area contributed by atoms with Crippen LogP contribution in [0.15, 0.2) is 59.6 Å². The van der Waals surface area contributed by atoms with Gasteiger partial charge in [0.1, 0.15) is 5.75 Å². The number of carbonyl (C=O) groups is 2. The molecule has 6 heteroatoms. The van der Waals surface area contributed by atoms with Gasteiger partial charge in [0.15, 0.2) is 0 Å². The molecule has 0 fully saturated rings. The van der Waals surface area contributed by atoms with Gasteiger partial charge in [-0.2, -0.15) is 0 Å². The summed E-state index contributed by atoms with van der Waals surface area (Å²) < 4.78 is 15.6. The Bertz CT molecular complexity index is 829. The Morgan fingerprint density at radius 1 is 1.12 bits per heavy atom. The van der Waals surface area contributed by atoms with E-state index >= 15 is 0 Å². The van der Waals surface area contributed by atoms with E-state index in [0.717, 1.165) is 5.56 Å². The molecule has 0 bridgehead atoms. The molecule has 1 aliphatic heterocycles. The number of rotatable bonds is 6. The number of hydrogen-bond acceptors (Lipinski definition) is 6. The molecule has 0 aromatic heterocycles. The Kier molecular flexibility index (Phi) is 5.02. The average molecular weight is 353 g/mol. The van der Waals surface area contributed by atoms with Crippen LogP contribution >= 0.6 is 0 Å². The lowest BCUT2D eigenvalue weighted by Crippen LogP contribution is -2.46. The molecule has 6 nitrogen and oxygen atoms in total. The summed E-state index contributed by atoms with van der Waals surface area (Å²) in [6.07, 6.45) is 0.0746. The number of nitrogens with zero attached hydrogens (tertiary/aromatic N) is 1. The molecule has 0 saturated heterocycles. The molecule has 2 aromatic rings. The zero-order valence-corrected chi connectivity index (χ0v) is 14.6. The first kappa shape index (κ1) is 17.7. The summed E-state index contributed by atoms with van der Waals surface area (Å²) in [7, 11) is 1.56. The predicted molar refractivity (Wildman–Crippen MR) is 95.1 cm³/mol. The highest BCUT2D eigenvalue weighted by molar-refractivity contribution is 6.17. The third-order valence-corrected chi connectivity index (χ3v) is 4.07. The van der Waals surface area contributed by atoms with Crippen molar-refractivity contribution in [3.05, 3.63) is 65.7 Å². The number of methoxy groups -OCH3 is 1. The minimum absolute atomic E-state index is 0.0746. The van der Waals surface area contributed by atoms with Crippen molar-refractivity contribution in [2.24, 2.45) is 4.99 Å². The van der Waals surface area contributed by atoms with Crippen molar-refractivity contribution >= 4 is 17.8 Å². The highest BCUT2D eigenvalue weighted by Gasteiger charge is 2.54. The largest absolute Gasteiger partial charge is 0.497 e. The monoisotopic (exact) mass is 353 g/mol. The molecular formula is C20H19NO5. The van der Waals surface area contributed by atoms with Crippen LogP contribution in [-0.4, -0.2) is 37.1 Å². The Labute approximate surface area is 151 Å². The quantitative estimate of drug-likeness (QED) is 0.589. The third kappa shape index (κ3) is 3.31. The zero-order valence-electron chi connectivity index (χ0n) is 14.6. The first-order chi connectivity index (χ1) is 12.6. The summed E-state index contributed by atoms with van der Waals surface area (Å²) in [5.74, 6) is -0.677. The highest BCUT2D eigenvalue weighted by atomic mass is 16.6. The summed E-state index contributed by atoms with van der Waals surface area (Å²) >= 11 is 0. The maximum atomic E-state index is 12.7. The van der Waals surface area contributed by atoms with Crippen LogP contribution in [0.4, 0.5) is 0 Å². The number of ether oxygens (including phenoxy) is 3. The fourth-order valence-corrected chi connectivity index (χ4v) is 2.73. The van der Waals surface area contributed by atoms with Crippen LogP contribution in [0.2, 0.25) is 0 Å². The van der Waals surface area contributed by atoms with Crippen molar-refractivity contribution in [2.75, 3.05) is 13.7 Å². The number of hydrogen-bond donors (Lipinski definition) is 0. The number of aliphatic imine (C=N–C) groups is 1. The molecule has 1 aliphatic rings. The van der Waals surface area contributed by atoms with Gasteiger partial charge in [-0.05, 0) is 36.8 Å². The van der Waals surface area contributed by atoms with Gasteiger partial charge < -0.3 is 14.2 Å². The van der Waals surface area contributed by atoms with Crippen molar-refractivity contribution in [3.8, 4) is 5.75 Å². The van der Waals surface area contributed by atoms with Crippen molar-refractivity contribution in [2.45, 2.75) is 18.9 Å². The van der Waals surface area contributed by atoms with Crippen LogP contribution in [-0.2, 0) is 25.5 Å². The van der Waals surface area contributed by atoms with Crippen molar-refractivity contribution in [3.63, 3.8) is 0 Å². The lowest BCUT2D eigenvalue weighted by molar-refractivity contribution is -0.157. The molecule has 0 amide bonds. The molecule has 0 aliphatic carbocycles. The molecule has 0 radical (unpaired) electrons. The average Bonchev–Trinajstić information content (AvgIpc) is 3.00. The van der Waals surface area contributed by atoms with Gasteiger partial charge in [-0.1, -0.05) is 30.3 Å². The smallest absolute Gasteiger partial charge is 0.353 e. The lowest BCUT2D eigenvalue weighted by Gasteiger charge is -2.19. The molecule has 0 saturated carbocycles. The van der Waals surface area contributed by atoms with E-state index in [0.29, 0.717) is 11.3 Å². The molecule has 0 unspecified atom stereocenters. The van der Waals surface area contributed by atoms with Crippen LogP contribution in [0.5, 0.6) is 5.75 Å². The van der Waals surface area contributed by atoms with E-state index in [1.807, 2.05) is 30.3 Å². The summed E-state index contributed by atoms with van der Waals surface area (Å²) in [6, 6.07) is 16.1. The summed E-state index contributed by atoms with van der Waals surface area (Å²) in [5.41, 5.74) is -0.359. The maximum Gasteiger partial charge on any atom is 0.353 e. The third-order valence-electron chi connectivity index (χ3n) is 4.07. The normalized spacial score (nSPS) is 18.8. The molecular weight excluding hydrogens is 334 g/mol. The highest BCUT2D eigenvalue weighted by Crippen LogP contribution is 2.29. The van der Waals surface area contributed by atoms with E-state index in [1.165, 1.54) is 0 Å².